The molecule has 1 aliphatic heterocycles. The highest BCUT2D eigenvalue weighted by molar-refractivity contribution is 6.33. The zero-order chi connectivity index (χ0) is 44.6. The molecule has 17 nitrogen and oxygen atoms in total. The van der Waals surface area contributed by atoms with E-state index in [-0.39, 0.29) is 125 Å². The minimum absolute atomic E-state index is 0.0465. The first kappa shape index (κ1) is 44.3. The fourth-order valence-corrected chi connectivity index (χ4v) is 7.74. The van der Waals surface area contributed by atoms with E-state index < -0.39 is 35.0 Å². The Bertz CT molecular complexity index is 2680. The van der Waals surface area contributed by atoms with Gasteiger partial charge >= 0.3 is 0 Å². The van der Waals surface area contributed by atoms with Crippen LogP contribution in [0.4, 0.5) is 11.4 Å². The standard InChI is InChI=1S/C45H41ClN4O13/c46-34-19-27(4-5-29(34)40-23-37(52)33-20-31(35(50-57)22-39(33)63-40)24-16-25(44(48)55)18-26(47)17-24)61-14-12-59-10-8-58-9-11-60-13-15-62-38-3-1-2-30-36(51)21-32(43(54)42(30)38)28-6-7-41(53)49-45(28)56/h1-5,16-20,22-23,28,32H,6-15,21,47H2,(H2,48,55)(H,49,53,56). The average Bonchev–Trinajstić information content (AvgIpc) is 3.26. The molecule has 0 saturated carbocycles. The highest BCUT2D eigenvalue weighted by Crippen LogP contribution is 2.39. The van der Waals surface area contributed by atoms with Gasteiger partial charge in [-0.25, -0.2) is 0 Å². The first-order valence-electron chi connectivity index (χ1n) is 19.9. The highest BCUT2D eigenvalue weighted by Gasteiger charge is 2.43. The number of carbonyl (C=O) groups is 5. The quantitative estimate of drug-likeness (QED) is 0.0383. The lowest BCUT2D eigenvalue weighted by molar-refractivity contribution is -0.137. The first-order valence-corrected chi connectivity index (χ1v) is 20.3. The molecule has 0 bridgehead atoms. The van der Waals surface area contributed by atoms with Crippen LogP contribution >= 0.6 is 11.6 Å². The lowest BCUT2D eigenvalue weighted by Gasteiger charge is -2.31. The van der Waals surface area contributed by atoms with Gasteiger partial charge in [0.1, 0.15) is 41.7 Å². The van der Waals surface area contributed by atoms with Gasteiger partial charge in [0.05, 0.1) is 55.6 Å². The molecule has 1 aliphatic carbocycles. The number of imide groups is 1. The lowest BCUT2D eigenvalue weighted by Crippen LogP contribution is -2.47. The van der Waals surface area contributed by atoms with E-state index in [9.17, 15) is 33.7 Å². The van der Waals surface area contributed by atoms with Gasteiger partial charge in [0, 0.05) is 64.8 Å². The molecule has 2 atom stereocenters. The number of piperidine rings is 1. The summed E-state index contributed by atoms with van der Waals surface area (Å²) in [4.78, 5) is 87.4. The number of nitroso groups, excluding NO2 is 1. The van der Waals surface area contributed by atoms with Gasteiger partial charge in [-0.1, -0.05) is 23.7 Å². The number of anilines is 1. The van der Waals surface area contributed by atoms with E-state index in [0.29, 0.717) is 36.7 Å². The van der Waals surface area contributed by atoms with E-state index >= 15 is 0 Å². The van der Waals surface area contributed by atoms with Crippen LogP contribution in [0.25, 0.3) is 33.4 Å². The molecule has 18 heteroatoms. The van der Waals surface area contributed by atoms with Crippen LogP contribution in [0, 0.1) is 16.7 Å². The molecule has 2 aliphatic rings. The molecule has 7 rings (SSSR count). The maximum Gasteiger partial charge on any atom is 0.248 e. The first-order chi connectivity index (χ1) is 30.4. The second-order valence-electron chi connectivity index (χ2n) is 14.6. The van der Waals surface area contributed by atoms with Crippen LogP contribution in [0.3, 0.4) is 0 Å². The molecule has 5 N–H and O–H groups in total. The van der Waals surface area contributed by atoms with Crippen molar-refractivity contribution in [1.29, 1.82) is 0 Å². The van der Waals surface area contributed by atoms with Crippen molar-refractivity contribution in [2.75, 3.05) is 58.6 Å². The van der Waals surface area contributed by atoms with Crippen LogP contribution < -0.4 is 31.7 Å². The number of halogens is 1. The number of benzene rings is 4. The van der Waals surface area contributed by atoms with Crippen LogP contribution in [0.15, 0.2) is 87.2 Å². The van der Waals surface area contributed by atoms with E-state index in [4.69, 9.17) is 51.2 Å². The fourth-order valence-electron chi connectivity index (χ4n) is 7.48. The molecule has 2 heterocycles. The average molecular weight is 881 g/mol. The van der Waals surface area contributed by atoms with Gasteiger partial charge in [0.15, 0.2) is 17.0 Å². The zero-order valence-corrected chi connectivity index (χ0v) is 34.4. The van der Waals surface area contributed by atoms with Crippen molar-refractivity contribution in [3.63, 3.8) is 0 Å². The summed E-state index contributed by atoms with van der Waals surface area (Å²) in [6.07, 6.45) is 0.227. The number of hydrogen-bond donors (Lipinski definition) is 3. The third kappa shape index (κ3) is 10.3. The summed E-state index contributed by atoms with van der Waals surface area (Å²) in [5.41, 5.74) is 12.8. The van der Waals surface area contributed by atoms with Crippen LogP contribution in [-0.4, -0.2) is 82.1 Å². The number of nitrogens with zero attached hydrogens (tertiary/aromatic N) is 1. The maximum atomic E-state index is 13.5. The molecule has 0 radical (unpaired) electrons. The molecule has 1 saturated heterocycles. The Morgan fingerprint density at radius 2 is 1.51 bits per heavy atom. The van der Waals surface area contributed by atoms with Crippen LogP contribution in [0.2, 0.25) is 5.02 Å². The second-order valence-corrected chi connectivity index (χ2v) is 15.1. The Kier molecular flexibility index (Phi) is 14.0. The summed E-state index contributed by atoms with van der Waals surface area (Å²) in [7, 11) is 0. The Morgan fingerprint density at radius 3 is 2.19 bits per heavy atom. The van der Waals surface area contributed by atoms with E-state index in [2.05, 4.69) is 10.5 Å². The highest BCUT2D eigenvalue weighted by atomic mass is 35.5. The van der Waals surface area contributed by atoms with Crippen LogP contribution in [-0.2, 0) is 23.8 Å². The summed E-state index contributed by atoms with van der Waals surface area (Å²) in [5.74, 6) is -3.01. The molecule has 3 amide bonds. The number of nitrogens with one attached hydrogen (secondary N) is 1. The number of nitrogens with two attached hydrogens (primary N) is 2. The molecule has 1 fully saturated rings. The van der Waals surface area contributed by atoms with E-state index in [1.807, 2.05) is 0 Å². The molecule has 326 valence electrons. The molecule has 1 aromatic heterocycles. The molecule has 4 aromatic carbocycles. The topological polar surface area (TPSA) is 255 Å². The van der Waals surface area contributed by atoms with E-state index in [0.717, 1.165) is 0 Å². The lowest BCUT2D eigenvalue weighted by atomic mass is 9.72. The van der Waals surface area contributed by atoms with E-state index in [1.165, 1.54) is 36.4 Å². The number of rotatable bonds is 19. The third-order valence-corrected chi connectivity index (χ3v) is 10.8. The number of amides is 3. The van der Waals surface area contributed by atoms with Gasteiger partial charge in [-0.2, -0.15) is 0 Å². The summed E-state index contributed by atoms with van der Waals surface area (Å²) < 4.78 is 34.3. The predicted octanol–water partition coefficient (Wildman–Crippen LogP) is 5.81. The van der Waals surface area contributed by atoms with Crippen molar-refractivity contribution < 1.29 is 52.1 Å². The van der Waals surface area contributed by atoms with Crippen molar-refractivity contribution in [1.82, 2.24) is 5.32 Å². The van der Waals surface area contributed by atoms with Gasteiger partial charge in [-0.15, -0.1) is 4.91 Å². The van der Waals surface area contributed by atoms with Crippen molar-refractivity contribution in [3.05, 3.63) is 110 Å². The number of Topliss-reactive ketones (excluding diaryl/α,β-unsaturated/α-hetero) is 2. The summed E-state index contributed by atoms with van der Waals surface area (Å²) in [6.45, 7) is 1.94. The number of ketones is 2. The smallest absolute Gasteiger partial charge is 0.248 e. The van der Waals surface area contributed by atoms with Crippen molar-refractivity contribution >= 4 is 63.2 Å². The normalized spacial score (nSPS) is 16.1. The predicted molar refractivity (Wildman–Crippen MR) is 229 cm³/mol. The van der Waals surface area contributed by atoms with Crippen LogP contribution in [0.5, 0.6) is 11.5 Å². The Hall–Kier alpha value is -6.79. The van der Waals surface area contributed by atoms with Gasteiger partial charge in [-0.05, 0) is 65.7 Å². The minimum Gasteiger partial charge on any atom is -0.491 e. The SMILES string of the molecule is NC(=O)c1cc(N)cc(-c2cc3c(=O)cc(-c4ccc(OCCOCCOCCOCCOc5cccc6c5C(=O)C(C5CCC(=O)NC5=O)CC6=O)cc4Cl)oc3cc2N=O)c1. The number of fused-ring (bicyclic) bond motifs is 2. The maximum absolute atomic E-state index is 13.5. The van der Waals surface area contributed by atoms with Gasteiger partial charge in [0.2, 0.25) is 17.7 Å². The molecule has 2 unspecified atom stereocenters. The van der Waals surface area contributed by atoms with E-state index in [1.54, 1.807) is 36.4 Å². The zero-order valence-electron chi connectivity index (χ0n) is 33.6. The largest absolute Gasteiger partial charge is 0.491 e. The summed E-state index contributed by atoms with van der Waals surface area (Å²) in [5, 5.41) is 5.77. The third-order valence-electron chi connectivity index (χ3n) is 10.5. The molecule has 63 heavy (non-hydrogen) atoms. The van der Waals surface area contributed by atoms with Gasteiger partial charge in [-0.3, -0.25) is 34.1 Å². The van der Waals surface area contributed by atoms with Gasteiger partial charge < -0.3 is 39.6 Å². The van der Waals surface area contributed by atoms with Gasteiger partial charge in [0.25, 0.3) is 0 Å². The Labute approximate surface area is 363 Å². The number of nitrogen functional groups attached to an aromatic ring is 1. The number of hydrogen-bond acceptors (Lipinski definition) is 15. The summed E-state index contributed by atoms with van der Waals surface area (Å²) in [6, 6.07) is 18.1. The number of ether oxygens (including phenoxy) is 5. The Balaban J connectivity index is 0.810. The Morgan fingerprint density at radius 1 is 0.794 bits per heavy atom. The molecular weight excluding hydrogens is 840 g/mol. The van der Waals surface area contributed by atoms with Crippen molar-refractivity contribution in [2.45, 2.75) is 19.3 Å². The molecular formula is C45H41ClN4O13. The van der Waals surface area contributed by atoms with Crippen molar-refractivity contribution in [3.8, 4) is 33.9 Å². The minimum atomic E-state index is -0.857. The number of carbonyl (C=O) groups excluding carboxylic acids is 5. The summed E-state index contributed by atoms with van der Waals surface area (Å²) >= 11 is 6.57. The molecule has 0 spiro atoms. The monoisotopic (exact) mass is 880 g/mol. The molecule has 5 aromatic rings. The second kappa shape index (κ2) is 19.9. The van der Waals surface area contributed by atoms with Crippen molar-refractivity contribution in [2.24, 2.45) is 22.7 Å². The van der Waals surface area contributed by atoms with Crippen LogP contribution in [0.1, 0.15) is 50.3 Å². The number of primary amides is 1. The fraction of sp³-hybridized carbons (Fsp3) is 0.289.